The summed E-state index contributed by atoms with van der Waals surface area (Å²) >= 11 is 0. The van der Waals surface area contributed by atoms with E-state index < -0.39 is 0 Å². The van der Waals surface area contributed by atoms with Crippen molar-refractivity contribution in [1.82, 2.24) is 10.2 Å². The fraction of sp³-hybridized carbons (Fsp3) is 0.600. The van der Waals surface area contributed by atoms with Crippen LogP contribution in [-0.2, 0) is 6.54 Å². The third-order valence-corrected chi connectivity index (χ3v) is 3.23. The van der Waals surface area contributed by atoms with Crippen molar-refractivity contribution in [2.45, 2.75) is 32.9 Å². The molecule has 0 bridgehead atoms. The number of hydrogen-bond acceptors (Lipinski definition) is 3. The van der Waals surface area contributed by atoms with Gasteiger partial charge >= 0.3 is 0 Å². The fourth-order valence-corrected chi connectivity index (χ4v) is 2.37. The Kier molecular flexibility index (Phi) is 7.21. The van der Waals surface area contributed by atoms with Crippen LogP contribution in [-0.4, -0.2) is 37.2 Å². The van der Waals surface area contributed by atoms with Gasteiger partial charge in [0.15, 0.2) is 0 Å². The molecule has 1 heterocycles. The number of halogens is 1. The summed E-state index contributed by atoms with van der Waals surface area (Å²) in [6, 6.07) is 9.08. The Morgan fingerprint density at radius 1 is 1.42 bits per heavy atom. The molecule has 0 saturated carbocycles. The zero-order valence-corrected chi connectivity index (χ0v) is 12.7. The minimum Gasteiger partial charge on any atom is -0.494 e. The molecule has 0 unspecified atom stereocenters. The van der Waals surface area contributed by atoms with Crippen LogP contribution in [0.15, 0.2) is 24.3 Å². The summed E-state index contributed by atoms with van der Waals surface area (Å²) in [6.45, 7) is 9.54. The lowest BCUT2D eigenvalue weighted by Gasteiger charge is -2.31. The number of piperazine rings is 1. The minimum atomic E-state index is 0. The maximum absolute atomic E-state index is 5.68. The molecule has 0 amide bonds. The van der Waals surface area contributed by atoms with Crippen LogP contribution in [0.5, 0.6) is 5.75 Å². The molecule has 1 atom stereocenters. The van der Waals surface area contributed by atoms with Crippen molar-refractivity contribution in [2.24, 2.45) is 0 Å². The number of hydrogen-bond donors (Lipinski definition) is 1. The van der Waals surface area contributed by atoms with E-state index in [9.17, 15) is 0 Å². The summed E-state index contributed by atoms with van der Waals surface area (Å²) in [5.41, 5.74) is 1.35. The van der Waals surface area contributed by atoms with Gasteiger partial charge in [0.2, 0.25) is 0 Å². The minimum absolute atomic E-state index is 0. The van der Waals surface area contributed by atoms with Crippen molar-refractivity contribution in [2.75, 3.05) is 26.2 Å². The molecule has 1 aliphatic rings. The van der Waals surface area contributed by atoms with Gasteiger partial charge in [-0.1, -0.05) is 19.1 Å². The normalized spacial score (nSPS) is 19.8. The summed E-state index contributed by atoms with van der Waals surface area (Å²) in [7, 11) is 0. The van der Waals surface area contributed by atoms with Gasteiger partial charge in [-0.3, -0.25) is 4.90 Å². The molecular weight excluding hydrogens is 260 g/mol. The first-order valence-corrected chi connectivity index (χ1v) is 6.95. The summed E-state index contributed by atoms with van der Waals surface area (Å²) in [4.78, 5) is 2.50. The highest BCUT2D eigenvalue weighted by molar-refractivity contribution is 5.85. The van der Waals surface area contributed by atoms with Gasteiger partial charge in [0.25, 0.3) is 0 Å². The predicted molar refractivity (Wildman–Crippen MR) is 82.2 cm³/mol. The Hall–Kier alpha value is -0.770. The van der Waals surface area contributed by atoms with Crippen molar-refractivity contribution in [3.63, 3.8) is 0 Å². The maximum Gasteiger partial charge on any atom is 0.119 e. The lowest BCUT2D eigenvalue weighted by atomic mass is 10.1. The predicted octanol–water partition coefficient (Wildman–Crippen LogP) is 2.69. The largest absolute Gasteiger partial charge is 0.494 e. The van der Waals surface area contributed by atoms with E-state index in [2.05, 4.69) is 42.3 Å². The Labute approximate surface area is 122 Å². The van der Waals surface area contributed by atoms with Gasteiger partial charge in [0, 0.05) is 32.2 Å². The van der Waals surface area contributed by atoms with Crippen LogP contribution in [0.4, 0.5) is 0 Å². The quantitative estimate of drug-likeness (QED) is 0.900. The monoisotopic (exact) mass is 284 g/mol. The third-order valence-electron chi connectivity index (χ3n) is 3.23. The van der Waals surface area contributed by atoms with E-state index in [0.717, 1.165) is 45.0 Å². The zero-order chi connectivity index (χ0) is 12.8. The zero-order valence-electron chi connectivity index (χ0n) is 11.9. The van der Waals surface area contributed by atoms with Gasteiger partial charge in [0.1, 0.15) is 5.75 Å². The van der Waals surface area contributed by atoms with E-state index in [0.29, 0.717) is 6.04 Å². The molecule has 2 rings (SSSR count). The maximum atomic E-state index is 5.68. The lowest BCUT2D eigenvalue weighted by molar-refractivity contribution is 0.199. The number of ether oxygens (including phenoxy) is 1. The van der Waals surface area contributed by atoms with Crippen molar-refractivity contribution < 1.29 is 4.74 Å². The van der Waals surface area contributed by atoms with Crippen molar-refractivity contribution in [3.05, 3.63) is 29.8 Å². The molecule has 19 heavy (non-hydrogen) atoms. The Morgan fingerprint density at radius 2 is 2.26 bits per heavy atom. The van der Waals surface area contributed by atoms with Crippen LogP contribution >= 0.6 is 12.4 Å². The molecule has 1 fully saturated rings. The topological polar surface area (TPSA) is 24.5 Å². The molecule has 1 aromatic carbocycles. The molecule has 0 radical (unpaired) electrons. The standard InChI is InChI=1S/C15H24N2O.ClH/c1-3-9-18-15-6-4-5-14(10-15)12-17-8-7-16-13(2)11-17;/h4-6,10,13,16H,3,7-9,11-12H2,1-2H3;1H/t13-;/m1./s1. The third kappa shape index (κ3) is 5.39. The molecule has 0 spiro atoms. The van der Waals surface area contributed by atoms with Crippen molar-refractivity contribution in [1.29, 1.82) is 0 Å². The second-order valence-electron chi connectivity index (χ2n) is 5.09. The fourth-order valence-electron chi connectivity index (χ4n) is 2.37. The van der Waals surface area contributed by atoms with E-state index in [4.69, 9.17) is 4.74 Å². The Morgan fingerprint density at radius 3 is 3.00 bits per heavy atom. The molecule has 1 aliphatic heterocycles. The number of nitrogens with zero attached hydrogens (tertiary/aromatic N) is 1. The summed E-state index contributed by atoms with van der Waals surface area (Å²) in [5.74, 6) is 0.998. The van der Waals surface area contributed by atoms with Gasteiger partial charge in [-0.2, -0.15) is 0 Å². The van der Waals surface area contributed by atoms with Gasteiger partial charge in [-0.25, -0.2) is 0 Å². The van der Waals surface area contributed by atoms with Gasteiger partial charge < -0.3 is 10.1 Å². The van der Waals surface area contributed by atoms with Crippen LogP contribution in [0.25, 0.3) is 0 Å². The molecule has 0 aromatic heterocycles. The molecule has 108 valence electrons. The summed E-state index contributed by atoms with van der Waals surface area (Å²) in [6.07, 6.45) is 1.06. The number of rotatable bonds is 5. The Balaban J connectivity index is 0.00000180. The number of benzene rings is 1. The highest BCUT2D eigenvalue weighted by Crippen LogP contribution is 2.16. The smallest absolute Gasteiger partial charge is 0.119 e. The summed E-state index contributed by atoms with van der Waals surface area (Å²) in [5, 5.41) is 3.47. The van der Waals surface area contributed by atoms with Crippen LogP contribution < -0.4 is 10.1 Å². The first-order chi connectivity index (χ1) is 8.78. The highest BCUT2D eigenvalue weighted by atomic mass is 35.5. The van der Waals surface area contributed by atoms with Gasteiger partial charge in [-0.15, -0.1) is 12.4 Å². The van der Waals surface area contributed by atoms with Crippen LogP contribution in [0.3, 0.4) is 0 Å². The highest BCUT2D eigenvalue weighted by Gasteiger charge is 2.15. The van der Waals surface area contributed by atoms with E-state index in [1.165, 1.54) is 5.56 Å². The molecule has 4 heteroatoms. The van der Waals surface area contributed by atoms with Gasteiger partial charge in [-0.05, 0) is 31.0 Å². The Bertz CT molecular complexity index is 373. The van der Waals surface area contributed by atoms with Gasteiger partial charge in [0.05, 0.1) is 6.61 Å². The van der Waals surface area contributed by atoms with Crippen LogP contribution in [0.2, 0.25) is 0 Å². The van der Waals surface area contributed by atoms with Crippen molar-refractivity contribution in [3.8, 4) is 5.75 Å². The number of nitrogens with one attached hydrogen (secondary N) is 1. The van der Waals surface area contributed by atoms with Crippen LogP contribution in [0, 0.1) is 0 Å². The van der Waals surface area contributed by atoms with E-state index >= 15 is 0 Å². The molecule has 1 N–H and O–H groups in total. The van der Waals surface area contributed by atoms with E-state index in [1.807, 2.05) is 6.07 Å². The first-order valence-electron chi connectivity index (χ1n) is 6.95. The molecule has 1 aromatic rings. The molecular formula is C15H25ClN2O. The average Bonchev–Trinajstić information content (AvgIpc) is 2.37. The van der Waals surface area contributed by atoms with Crippen molar-refractivity contribution >= 4 is 12.4 Å². The molecule has 0 aliphatic carbocycles. The van der Waals surface area contributed by atoms with Crippen LogP contribution in [0.1, 0.15) is 25.8 Å². The van der Waals surface area contributed by atoms with E-state index in [1.54, 1.807) is 0 Å². The molecule has 3 nitrogen and oxygen atoms in total. The molecule has 1 saturated heterocycles. The first kappa shape index (κ1) is 16.3. The SMILES string of the molecule is CCCOc1cccc(CN2CCN[C@H](C)C2)c1.Cl. The lowest BCUT2D eigenvalue weighted by Crippen LogP contribution is -2.48. The second kappa shape index (κ2) is 8.41. The van der Waals surface area contributed by atoms with E-state index in [-0.39, 0.29) is 12.4 Å². The average molecular weight is 285 g/mol. The second-order valence-corrected chi connectivity index (χ2v) is 5.09. The summed E-state index contributed by atoms with van der Waals surface area (Å²) < 4.78 is 5.68.